The smallest absolute Gasteiger partial charge is 0.251 e. The highest BCUT2D eigenvalue weighted by atomic mass is 35.5. The second-order valence-electron chi connectivity index (χ2n) is 6.54. The first-order valence-corrected chi connectivity index (χ1v) is 8.60. The minimum absolute atomic E-state index is 0. The van der Waals surface area contributed by atoms with Crippen molar-refractivity contribution in [3.8, 4) is 0 Å². The lowest BCUT2D eigenvalue weighted by Crippen LogP contribution is -2.37. The van der Waals surface area contributed by atoms with Crippen LogP contribution in [0, 0.1) is 0 Å². The van der Waals surface area contributed by atoms with Crippen molar-refractivity contribution in [3.05, 3.63) is 29.3 Å². The van der Waals surface area contributed by atoms with E-state index >= 15 is 0 Å². The van der Waals surface area contributed by atoms with Crippen molar-refractivity contribution >= 4 is 36.4 Å². The first kappa shape index (κ1) is 21.1. The quantitative estimate of drug-likeness (QED) is 0.829. The van der Waals surface area contributed by atoms with Gasteiger partial charge in [-0.15, -0.1) is 24.8 Å². The zero-order valence-corrected chi connectivity index (χ0v) is 16.0. The fraction of sp³-hybridized carbons (Fsp3) is 0.611. The summed E-state index contributed by atoms with van der Waals surface area (Å²) in [7, 11) is 2.18. The van der Waals surface area contributed by atoms with Crippen molar-refractivity contribution in [1.82, 2.24) is 10.2 Å². The van der Waals surface area contributed by atoms with E-state index in [0.717, 1.165) is 43.7 Å². The molecule has 0 radical (unpaired) electrons. The number of amides is 1. The molecule has 1 saturated carbocycles. The molecule has 24 heavy (non-hydrogen) atoms. The Hall–Kier alpha value is -0.970. The molecule has 1 aliphatic carbocycles. The van der Waals surface area contributed by atoms with Gasteiger partial charge in [0, 0.05) is 36.9 Å². The summed E-state index contributed by atoms with van der Waals surface area (Å²) < 4.78 is 0. The number of nitrogens with one attached hydrogen (secondary N) is 2. The number of carbonyl (C=O) groups is 1. The standard InChI is InChI=1S/C18H27N3O.2ClH/c1-21(14-6-2-3-7-14)13-12-20-18(22)16-8-4-10-17-15(16)9-5-11-19-17;;/h4,8,10,14,19H,2-3,5-7,9,11-13H2,1H3,(H,20,22);2*1H. The van der Waals surface area contributed by atoms with Gasteiger partial charge in [-0.3, -0.25) is 4.79 Å². The molecule has 1 amide bonds. The molecular formula is C18H29Cl2N3O. The fourth-order valence-corrected chi connectivity index (χ4v) is 3.69. The van der Waals surface area contributed by atoms with E-state index in [1.54, 1.807) is 0 Å². The summed E-state index contributed by atoms with van der Waals surface area (Å²) in [6.07, 6.45) is 7.41. The monoisotopic (exact) mass is 373 g/mol. The number of likely N-dealkylation sites (N-methyl/N-ethyl adjacent to an activating group) is 1. The van der Waals surface area contributed by atoms with Crippen LogP contribution in [0.3, 0.4) is 0 Å². The molecule has 1 fully saturated rings. The van der Waals surface area contributed by atoms with Crippen molar-refractivity contribution < 1.29 is 4.79 Å². The number of rotatable bonds is 5. The van der Waals surface area contributed by atoms with Crippen LogP contribution in [-0.2, 0) is 6.42 Å². The predicted molar refractivity (Wildman–Crippen MR) is 105 cm³/mol. The lowest BCUT2D eigenvalue weighted by Gasteiger charge is -2.24. The van der Waals surface area contributed by atoms with Gasteiger partial charge in [0.15, 0.2) is 0 Å². The van der Waals surface area contributed by atoms with Crippen LogP contribution >= 0.6 is 24.8 Å². The fourth-order valence-electron chi connectivity index (χ4n) is 3.69. The van der Waals surface area contributed by atoms with Crippen molar-refractivity contribution in [3.63, 3.8) is 0 Å². The van der Waals surface area contributed by atoms with Gasteiger partial charge in [-0.2, -0.15) is 0 Å². The maximum Gasteiger partial charge on any atom is 0.251 e. The van der Waals surface area contributed by atoms with Gasteiger partial charge in [-0.1, -0.05) is 18.9 Å². The molecule has 1 aromatic rings. The first-order valence-electron chi connectivity index (χ1n) is 8.60. The number of hydrogen-bond acceptors (Lipinski definition) is 3. The van der Waals surface area contributed by atoms with Gasteiger partial charge in [-0.05, 0) is 50.4 Å². The van der Waals surface area contributed by atoms with E-state index in [2.05, 4.69) is 28.6 Å². The summed E-state index contributed by atoms with van der Waals surface area (Å²) in [5.41, 5.74) is 3.14. The second-order valence-corrected chi connectivity index (χ2v) is 6.54. The highest BCUT2D eigenvalue weighted by Crippen LogP contribution is 2.25. The summed E-state index contributed by atoms with van der Waals surface area (Å²) in [5, 5.41) is 6.48. The van der Waals surface area contributed by atoms with E-state index in [4.69, 9.17) is 0 Å². The molecule has 4 nitrogen and oxygen atoms in total. The normalized spacial score (nSPS) is 16.6. The van der Waals surface area contributed by atoms with Crippen LogP contribution in [0.4, 0.5) is 5.69 Å². The molecular weight excluding hydrogens is 345 g/mol. The molecule has 1 aliphatic heterocycles. The summed E-state index contributed by atoms with van der Waals surface area (Å²) in [6, 6.07) is 6.70. The Morgan fingerprint density at radius 2 is 2.00 bits per heavy atom. The highest BCUT2D eigenvalue weighted by Gasteiger charge is 2.20. The van der Waals surface area contributed by atoms with E-state index in [-0.39, 0.29) is 30.7 Å². The zero-order valence-electron chi connectivity index (χ0n) is 14.3. The van der Waals surface area contributed by atoms with Crippen LogP contribution in [-0.4, -0.2) is 43.5 Å². The molecule has 0 aromatic heterocycles. The van der Waals surface area contributed by atoms with E-state index in [0.29, 0.717) is 6.04 Å². The van der Waals surface area contributed by atoms with Crippen LogP contribution in [0.5, 0.6) is 0 Å². The van der Waals surface area contributed by atoms with Gasteiger partial charge >= 0.3 is 0 Å². The SMILES string of the molecule is CN(CCNC(=O)c1cccc2c1CCCN2)C1CCCC1.Cl.Cl. The van der Waals surface area contributed by atoms with Crippen LogP contribution in [0.15, 0.2) is 18.2 Å². The number of anilines is 1. The van der Waals surface area contributed by atoms with Crippen molar-refractivity contribution in [2.75, 3.05) is 32.0 Å². The predicted octanol–water partition coefficient (Wildman–Crippen LogP) is 3.49. The van der Waals surface area contributed by atoms with E-state index in [1.807, 2.05) is 12.1 Å². The molecule has 136 valence electrons. The highest BCUT2D eigenvalue weighted by molar-refractivity contribution is 5.97. The van der Waals surface area contributed by atoms with E-state index < -0.39 is 0 Å². The molecule has 0 unspecified atom stereocenters. The zero-order chi connectivity index (χ0) is 15.4. The molecule has 1 heterocycles. The number of nitrogens with zero attached hydrogens (tertiary/aromatic N) is 1. The lowest BCUT2D eigenvalue weighted by molar-refractivity contribution is 0.0946. The summed E-state index contributed by atoms with van der Waals surface area (Å²) >= 11 is 0. The van der Waals surface area contributed by atoms with Crippen molar-refractivity contribution in [1.29, 1.82) is 0 Å². The number of fused-ring (bicyclic) bond motifs is 1. The number of carbonyl (C=O) groups excluding carboxylic acids is 1. The van der Waals surface area contributed by atoms with Crippen LogP contribution in [0.25, 0.3) is 0 Å². The maximum absolute atomic E-state index is 12.5. The Balaban J connectivity index is 0.00000144. The van der Waals surface area contributed by atoms with Gasteiger partial charge in [0.2, 0.25) is 0 Å². The first-order chi connectivity index (χ1) is 10.8. The van der Waals surface area contributed by atoms with Gasteiger partial charge in [0.05, 0.1) is 0 Å². The summed E-state index contributed by atoms with van der Waals surface area (Å²) in [5.74, 6) is 0.0698. The lowest BCUT2D eigenvalue weighted by atomic mass is 9.97. The number of hydrogen-bond donors (Lipinski definition) is 2. The van der Waals surface area contributed by atoms with Crippen molar-refractivity contribution in [2.24, 2.45) is 0 Å². The average Bonchev–Trinajstić information content (AvgIpc) is 3.08. The molecule has 6 heteroatoms. The van der Waals surface area contributed by atoms with Gasteiger partial charge in [0.25, 0.3) is 5.91 Å². The Morgan fingerprint density at radius 3 is 2.75 bits per heavy atom. The number of benzene rings is 1. The van der Waals surface area contributed by atoms with Gasteiger partial charge in [0.1, 0.15) is 0 Å². The van der Waals surface area contributed by atoms with Crippen LogP contribution in [0.2, 0.25) is 0 Å². The third-order valence-corrected chi connectivity index (χ3v) is 5.04. The molecule has 2 N–H and O–H groups in total. The molecule has 0 atom stereocenters. The molecule has 3 rings (SSSR count). The van der Waals surface area contributed by atoms with Gasteiger partial charge in [-0.25, -0.2) is 0 Å². The van der Waals surface area contributed by atoms with Crippen LogP contribution in [0.1, 0.15) is 48.0 Å². The summed E-state index contributed by atoms with van der Waals surface area (Å²) in [6.45, 7) is 2.66. The van der Waals surface area contributed by atoms with E-state index in [9.17, 15) is 4.79 Å². The Labute approximate surface area is 157 Å². The molecule has 0 saturated heterocycles. The molecule has 1 aromatic carbocycles. The summed E-state index contributed by atoms with van der Waals surface area (Å²) in [4.78, 5) is 14.9. The molecule has 0 bridgehead atoms. The second kappa shape index (κ2) is 10.1. The van der Waals surface area contributed by atoms with E-state index in [1.165, 1.54) is 31.2 Å². The Bertz CT molecular complexity index is 533. The third kappa shape index (κ3) is 5.01. The third-order valence-electron chi connectivity index (χ3n) is 5.04. The minimum atomic E-state index is 0. The Kier molecular flexibility index (Phi) is 8.88. The molecule has 2 aliphatic rings. The van der Waals surface area contributed by atoms with Gasteiger partial charge < -0.3 is 15.5 Å². The number of halogens is 2. The topological polar surface area (TPSA) is 44.4 Å². The van der Waals surface area contributed by atoms with Crippen molar-refractivity contribution in [2.45, 2.75) is 44.6 Å². The Morgan fingerprint density at radius 1 is 1.25 bits per heavy atom. The maximum atomic E-state index is 12.5. The largest absolute Gasteiger partial charge is 0.385 e. The minimum Gasteiger partial charge on any atom is -0.385 e. The average molecular weight is 374 g/mol. The van der Waals surface area contributed by atoms with Crippen LogP contribution < -0.4 is 10.6 Å². The molecule has 0 spiro atoms.